The predicted molar refractivity (Wildman–Crippen MR) is 126 cm³/mol. The number of hydrogen-bond donors (Lipinski definition) is 2. The molecule has 10 heteroatoms. The third-order valence-corrected chi connectivity index (χ3v) is 6.46. The van der Waals surface area contributed by atoms with E-state index in [4.69, 9.17) is 5.11 Å². The Morgan fingerprint density at radius 1 is 1.09 bits per heavy atom. The Labute approximate surface area is 200 Å². The first-order valence-electron chi connectivity index (χ1n) is 10.6. The minimum Gasteiger partial charge on any atom is -0.387 e. The number of pyridine rings is 1. The molecule has 1 fully saturated rings. The smallest absolute Gasteiger partial charge is 0.248 e. The number of nitrogens with one attached hydrogen (secondary N) is 1. The summed E-state index contributed by atoms with van der Waals surface area (Å²) in [7, 11) is 0. The number of nitrogens with zero attached hydrogens (tertiary/aromatic N) is 6. The number of carbonyl (C=O) groups is 1. The molecular weight excluding hydrogens is 450 g/mol. The molecule has 0 spiro atoms. The molecule has 4 heterocycles. The van der Waals surface area contributed by atoms with Crippen molar-refractivity contribution in [1.29, 1.82) is 10.5 Å². The molecule has 3 aromatic heterocycles. The van der Waals surface area contributed by atoms with Crippen LogP contribution in [0.3, 0.4) is 0 Å². The van der Waals surface area contributed by atoms with Gasteiger partial charge in [0.1, 0.15) is 18.7 Å². The lowest BCUT2D eigenvalue weighted by Gasteiger charge is -2.11. The fraction of sp³-hybridized carbons (Fsp3) is 0.208. The van der Waals surface area contributed by atoms with Crippen molar-refractivity contribution in [2.45, 2.75) is 22.6 Å². The first-order chi connectivity index (χ1) is 16.6. The van der Waals surface area contributed by atoms with Gasteiger partial charge in [-0.25, -0.2) is 4.52 Å². The van der Waals surface area contributed by atoms with Gasteiger partial charge in [0.05, 0.1) is 29.0 Å². The fourth-order valence-corrected chi connectivity index (χ4v) is 4.74. The number of rotatable bonds is 4. The van der Waals surface area contributed by atoms with Crippen LogP contribution in [0.15, 0.2) is 64.9 Å². The molecule has 1 aromatic carbocycles. The molecule has 2 N–H and O–H groups in total. The normalized spacial score (nSPS) is 12.6. The van der Waals surface area contributed by atoms with E-state index in [0.717, 1.165) is 52.4 Å². The van der Waals surface area contributed by atoms with E-state index in [-0.39, 0.29) is 12.5 Å². The van der Waals surface area contributed by atoms with E-state index < -0.39 is 0 Å². The first-order valence-corrected chi connectivity index (χ1v) is 11.4. The highest BCUT2D eigenvalue weighted by Gasteiger charge is 2.16. The summed E-state index contributed by atoms with van der Waals surface area (Å²) in [6.07, 6.45) is 9.12. The summed E-state index contributed by atoms with van der Waals surface area (Å²) < 4.78 is 1.69. The molecule has 0 saturated carbocycles. The van der Waals surface area contributed by atoms with E-state index in [0.29, 0.717) is 11.1 Å². The van der Waals surface area contributed by atoms with Gasteiger partial charge in [0.15, 0.2) is 0 Å². The molecule has 1 aliphatic rings. The van der Waals surface area contributed by atoms with E-state index in [9.17, 15) is 15.3 Å². The van der Waals surface area contributed by atoms with Crippen LogP contribution in [0.5, 0.6) is 0 Å². The van der Waals surface area contributed by atoms with E-state index in [2.05, 4.69) is 27.4 Å². The van der Waals surface area contributed by atoms with Gasteiger partial charge in [-0.05, 0) is 31.0 Å². The largest absolute Gasteiger partial charge is 0.387 e. The predicted octanol–water partition coefficient (Wildman–Crippen LogP) is 3.22. The van der Waals surface area contributed by atoms with Crippen LogP contribution >= 0.6 is 11.8 Å². The third kappa shape index (κ3) is 4.94. The van der Waals surface area contributed by atoms with Crippen molar-refractivity contribution >= 4 is 23.2 Å². The Bertz CT molecular complexity index is 1380. The summed E-state index contributed by atoms with van der Waals surface area (Å²) in [6, 6.07) is 13.8. The lowest BCUT2D eigenvalue weighted by atomic mass is 10.1. The lowest BCUT2D eigenvalue weighted by Crippen LogP contribution is -2.29. The molecule has 170 valence electrons. The quantitative estimate of drug-likeness (QED) is 0.467. The maximum absolute atomic E-state index is 10.7. The van der Waals surface area contributed by atoms with Crippen LogP contribution in [-0.4, -0.2) is 55.4 Å². The summed E-state index contributed by atoms with van der Waals surface area (Å²) in [5, 5.41) is 38.2. The average Bonchev–Trinajstić information content (AvgIpc) is 3.66. The maximum Gasteiger partial charge on any atom is 0.248 e. The third-order valence-electron chi connectivity index (χ3n) is 5.35. The summed E-state index contributed by atoms with van der Waals surface area (Å²) >= 11 is 1.45. The van der Waals surface area contributed by atoms with Gasteiger partial charge >= 0.3 is 0 Å². The van der Waals surface area contributed by atoms with Crippen molar-refractivity contribution in [2.75, 3.05) is 19.7 Å². The standard InChI is InChI=1S/C18H10N6S.C6H11NO2/c19-6-12-3-1-2-4-16(12)25-17-5-13(15-8-21-22-9-15)11-24-18(17)14(7-20)10-23-24;8-5-6(9)7-3-1-2-4-7/h1-5,8-11H,(H,21,22);8H,1-5H2. The molecule has 4 aromatic rings. The van der Waals surface area contributed by atoms with E-state index in [1.54, 1.807) is 34.1 Å². The number of aromatic amines is 1. The minimum absolute atomic E-state index is 0.132. The molecule has 0 aliphatic carbocycles. The molecule has 1 saturated heterocycles. The van der Waals surface area contributed by atoms with Crippen molar-refractivity contribution in [1.82, 2.24) is 24.7 Å². The number of aliphatic hydroxyl groups is 1. The second-order valence-electron chi connectivity index (χ2n) is 7.50. The van der Waals surface area contributed by atoms with Gasteiger partial charge in [-0.1, -0.05) is 23.9 Å². The van der Waals surface area contributed by atoms with Gasteiger partial charge in [-0.3, -0.25) is 9.89 Å². The Kier molecular flexibility index (Phi) is 7.23. The number of aliphatic hydroxyl groups excluding tert-OH is 1. The van der Waals surface area contributed by atoms with Gasteiger partial charge in [0, 0.05) is 46.4 Å². The van der Waals surface area contributed by atoms with Crippen molar-refractivity contribution in [3.05, 3.63) is 66.2 Å². The number of benzene rings is 1. The van der Waals surface area contributed by atoms with Crippen LogP contribution in [0.2, 0.25) is 0 Å². The molecule has 9 nitrogen and oxygen atoms in total. The van der Waals surface area contributed by atoms with Crippen molar-refractivity contribution < 1.29 is 9.90 Å². The summed E-state index contributed by atoms with van der Waals surface area (Å²) in [6.45, 7) is 1.33. The number of H-pyrrole nitrogens is 1. The van der Waals surface area contributed by atoms with Gasteiger partial charge in [-0.15, -0.1) is 0 Å². The minimum atomic E-state index is -0.333. The molecule has 0 radical (unpaired) electrons. The van der Waals surface area contributed by atoms with Gasteiger partial charge < -0.3 is 10.0 Å². The number of fused-ring (bicyclic) bond motifs is 1. The topological polar surface area (TPSA) is 134 Å². The molecule has 5 rings (SSSR count). The van der Waals surface area contributed by atoms with Crippen LogP contribution in [-0.2, 0) is 4.79 Å². The number of hydrogen-bond acceptors (Lipinski definition) is 7. The Hall–Kier alpha value is -4.12. The summed E-state index contributed by atoms with van der Waals surface area (Å²) in [5.74, 6) is -0.132. The molecule has 1 aliphatic heterocycles. The highest BCUT2D eigenvalue weighted by Crippen LogP contribution is 2.36. The van der Waals surface area contributed by atoms with E-state index in [1.165, 1.54) is 11.8 Å². The first kappa shape index (κ1) is 23.1. The molecule has 0 atom stereocenters. The van der Waals surface area contributed by atoms with Gasteiger partial charge in [-0.2, -0.15) is 20.7 Å². The van der Waals surface area contributed by atoms with Crippen molar-refractivity contribution in [3.63, 3.8) is 0 Å². The Morgan fingerprint density at radius 3 is 2.53 bits per heavy atom. The second kappa shape index (κ2) is 10.7. The van der Waals surface area contributed by atoms with Crippen LogP contribution < -0.4 is 0 Å². The molecule has 0 unspecified atom stereocenters. The molecule has 34 heavy (non-hydrogen) atoms. The van der Waals surface area contributed by atoms with Crippen molar-refractivity contribution in [2.24, 2.45) is 0 Å². The lowest BCUT2D eigenvalue weighted by molar-refractivity contribution is -0.133. The van der Waals surface area contributed by atoms with Crippen LogP contribution in [0.4, 0.5) is 0 Å². The molecule has 0 bridgehead atoms. The van der Waals surface area contributed by atoms with Crippen molar-refractivity contribution in [3.8, 4) is 23.3 Å². The zero-order chi connectivity index (χ0) is 23.9. The SMILES string of the molecule is N#Cc1ccccc1Sc1cc(-c2cn[nH]c2)cn2ncc(C#N)c12.O=C(CO)N1CCCC1. The second-order valence-corrected chi connectivity index (χ2v) is 8.58. The van der Waals surface area contributed by atoms with E-state index in [1.807, 2.05) is 30.5 Å². The maximum atomic E-state index is 10.7. The molecular formula is C24H21N7O2S. The average molecular weight is 472 g/mol. The van der Waals surface area contributed by atoms with Crippen LogP contribution in [0.25, 0.3) is 16.6 Å². The Morgan fingerprint density at radius 2 is 1.85 bits per heavy atom. The monoisotopic (exact) mass is 471 g/mol. The number of amides is 1. The molecule has 1 amide bonds. The zero-order valence-corrected chi connectivity index (χ0v) is 19.0. The number of nitriles is 2. The van der Waals surface area contributed by atoms with Crippen LogP contribution in [0, 0.1) is 22.7 Å². The highest BCUT2D eigenvalue weighted by molar-refractivity contribution is 7.99. The summed E-state index contributed by atoms with van der Waals surface area (Å²) in [5.41, 5.74) is 3.66. The van der Waals surface area contributed by atoms with Crippen LogP contribution in [0.1, 0.15) is 24.0 Å². The van der Waals surface area contributed by atoms with Gasteiger partial charge in [0.2, 0.25) is 5.91 Å². The summed E-state index contributed by atoms with van der Waals surface area (Å²) in [4.78, 5) is 14.1. The Balaban J connectivity index is 0.000000257. The highest BCUT2D eigenvalue weighted by atomic mass is 32.2. The fourth-order valence-electron chi connectivity index (χ4n) is 3.64. The number of aromatic nitrogens is 4. The zero-order valence-electron chi connectivity index (χ0n) is 18.2. The number of likely N-dealkylation sites (tertiary alicyclic amines) is 1. The van der Waals surface area contributed by atoms with E-state index >= 15 is 0 Å². The van der Waals surface area contributed by atoms with Gasteiger partial charge in [0.25, 0.3) is 0 Å². The number of carbonyl (C=O) groups excluding carboxylic acids is 1.